The van der Waals surface area contributed by atoms with Crippen LogP contribution in [0.15, 0.2) is 15.6 Å². The molecule has 7 heteroatoms. The molecule has 1 saturated carbocycles. The average Bonchev–Trinajstić information content (AvgIpc) is 3.14. The smallest absolute Gasteiger partial charge is 0.191 e. The standard InChI is InChI=1S/C20H36N4O2.HI/c1-4-16(5-2)19-14-18(26-24-19)15-23-20(21-3)22-12-9-13-25-17-10-7-6-8-11-17;/h14,16-17H,4-13,15H2,1-3H3,(H2,21,22,23);1H. The Hall–Kier alpha value is -0.830. The lowest BCUT2D eigenvalue weighted by Gasteiger charge is -2.22. The molecule has 0 aliphatic heterocycles. The molecule has 0 bridgehead atoms. The Bertz CT molecular complexity index is 526. The molecule has 1 heterocycles. The molecule has 0 radical (unpaired) electrons. The average molecular weight is 492 g/mol. The van der Waals surface area contributed by atoms with Crippen LogP contribution < -0.4 is 10.6 Å². The van der Waals surface area contributed by atoms with E-state index in [2.05, 4.69) is 40.7 Å². The van der Waals surface area contributed by atoms with Gasteiger partial charge in [-0.05, 0) is 32.1 Å². The molecule has 6 nitrogen and oxygen atoms in total. The van der Waals surface area contributed by atoms with Crippen LogP contribution >= 0.6 is 24.0 Å². The number of rotatable bonds is 10. The van der Waals surface area contributed by atoms with Gasteiger partial charge in [-0.25, -0.2) is 0 Å². The minimum Gasteiger partial charge on any atom is -0.378 e. The molecule has 156 valence electrons. The zero-order valence-corrected chi connectivity index (χ0v) is 19.5. The third kappa shape index (κ3) is 8.81. The summed E-state index contributed by atoms with van der Waals surface area (Å²) in [6.07, 6.45) is 10.1. The van der Waals surface area contributed by atoms with Crippen LogP contribution in [0.4, 0.5) is 0 Å². The summed E-state index contributed by atoms with van der Waals surface area (Å²) in [5, 5.41) is 10.8. The largest absolute Gasteiger partial charge is 0.378 e. The van der Waals surface area contributed by atoms with E-state index in [1.807, 2.05) is 0 Å². The highest BCUT2D eigenvalue weighted by molar-refractivity contribution is 14.0. The highest BCUT2D eigenvalue weighted by Crippen LogP contribution is 2.22. The Morgan fingerprint density at radius 2 is 2.00 bits per heavy atom. The summed E-state index contributed by atoms with van der Waals surface area (Å²) in [5.41, 5.74) is 1.05. The molecule has 0 atom stereocenters. The lowest BCUT2D eigenvalue weighted by Crippen LogP contribution is -2.37. The van der Waals surface area contributed by atoms with Crippen molar-refractivity contribution in [2.75, 3.05) is 20.2 Å². The summed E-state index contributed by atoms with van der Waals surface area (Å²) in [6, 6.07) is 2.05. The lowest BCUT2D eigenvalue weighted by molar-refractivity contribution is 0.0277. The summed E-state index contributed by atoms with van der Waals surface area (Å²) in [7, 11) is 1.78. The maximum absolute atomic E-state index is 5.95. The van der Waals surface area contributed by atoms with Crippen molar-refractivity contribution in [1.82, 2.24) is 15.8 Å². The normalized spacial score (nSPS) is 15.6. The van der Waals surface area contributed by atoms with Crippen molar-refractivity contribution in [3.05, 3.63) is 17.5 Å². The van der Waals surface area contributed by atoms with Gasteiger partial charge in [0.05, 0.1) is 18.3 Å². The Balaban J connectivity index is 0.00000364. The second kappa shape index (κ2) is 14.2. The van der Waals surface area contributed by atoms with Gasteiger partial charge in [-0.1, -0.05) is 38.3 Å². The summed E-state index contributed by atoms with van der Waals surface area (Å²) in [6.45, 7) is 6.62. The van der Waals surface area contributed by atoms with E-state index >= 15 is 0 Å². The second-order valence-corrected chi connectivity index (χ2v) is 7.07. The van der Waals surface area contributed by atoms with E-state index in [0.717, 1.165) is 49.8 Å². The van der Waals surface area contributed by atoms with Gasteiger partial charge in [0.2, 0.25) is 0 Å². The first kappa shape index (κ1) is 24.2. The molecule has 0 amide bonds. The fourth-order valence-corrected chi connectivity index (χ4v) is 3.46. The van der Waals surface area contributed by atoms with E-state index in [-0.39, 0.29) is 24.0 Å². The second-order valence-electron chi connectivity index (χ2n) is 7.07. The Morgan fingerprint density at radius 3 is 2.67 bits per heavy atom. The Morgan fingerprint density at radius 1 is 1.26 bits per heavy atom. The molecular weight excluding hydrogens is 455 g/mol. The molecule has 1 fully saturated rings. The van der Waals surface area contributed by atoms with Crippen LogP contribution in [0.5, 0.6) is 0 Å². The zero-order chi connectivity index (χ0) is 18.6. The number of ether oxygens (including phenoxy) is 1. The van der Waals surface area contributed by atoms with E-state index in [4.69, 9.17) is 9.26 Å². The molecular formula is C20H37IN4O2. The Labute approximate surface area is 181 Å². The van der Waals surface area contributed by atoms with Crippen molar-refractivity contribution in [1.29, 1.82) is 0 Å². The van der Waals surface area contributed by atoms with Gasteiger partial charge in [0, 0.05) is 32.2 Å². The van der Waals surface area contributed by atoms with Crippen LogP contribution in [0, 0.1) is 0 Å². The highest BCUT2D eigenvalue weighted by Gasteiger charge is 2.14. The monoisotopic (exact) mass is 492 g/mol. The summed E-state index contributed by atoms with van der Waals surface area (Å²) >= 11 is 0. The topological polar surface area (TPSA) is 71.7 Å². The van der Waals surface area contributed by atoms with Crippen molar-refractivity contribution >= 4 is 29.9 Å². The fourth-order valence-electron chi connectivity index (χ4n) is 3.46. The third-order valence-corrected chi connectivity index (χ3v) is 5.15. The van der Waals surface area contributed by atoms with Crippen LogP contribution in [0.2, 0.25) is 0 Å². The zero-order valence-electron chi connectivity index (χ0n) is 17.1. The van der Waals surface area contributed by atoms with Gasteiger partial charge in [0.25, 0.3) is 0 Å². The number of aliphatic imine (C=N–C) groups is 1. The van der Waals surface area contributed by atoms with Crippen LogP contribution in [0.1, 0.15) is 82.6 Å². The van der Waals surface area contributed by atoms with Crippen molar-refractivity contribution in [3.63, 3.8) is 0 Å². The first-order valence-corrected chi connectivity index (χ1v) is 10.3. The first-order valence-electron chi connectivity index (χ1n) is 10.3. The van der Waals surface area contributed by atoms with E-state index in [1.165, 1.54) is 32.1 Å². The predicted octanol–water partition coefficient (Wildman–Crippen LogP) is 4.60. The van der Waals surface area contributed by atoms with Gasteiger partial charge in [-0.15, -0.1) is 24.0 Å². The van der Waals surface area contributed by atoms with Gasteiger partial charge in [-0.2, -0.15) is 0 Å². The van der Waals surface area contributed by atoms with Crippen molar-refractivity contribution in [2.45, 2.75) is 83.8 Å². The predicted molar refractivity (Wildman–Crippen MR) is 121 cm³/mol. The highest BCUT2D eigenvalue weighted by atomic mass is 127. The van der Waals surface area contributed by atoms with Gasteiger partial charge in [0.1, 0.15) is 0 Å². The SMILES string of the molecule is CCC(CC)c1cc(CNC(=NC)NCCCOC2CCCCC2)on1.I. The quantitative estimate of drug-likeness (QED) is 0.216. The molecule has 1 aliphatic carbocycles. The molecule has 2 rings (SSSR count). The molecule has 0 spiro atoms. The number of nitrogens with zero attached hydrogens (tertiary/aromatic N) is 2. The first-order chi connectivity index (χ1) is 12.8. The molecule has 1 aromatic rings. The molecule has 2 N–H and O–H groups in total. The van der Waals surface area contributed by atoms with Gasteiger partial charge >= 0.3 is 0 Å². The maximum Gasteiger partial charge on any atom is 0.191 e. The number of nitrogens with one attached hydrogen (secondary N) is 2. The molecule has 1 aliphatic rings. The van der Waals surface area contributed by atoms with Crippen molar-refractivity contribution < 1.29 is 9.26 Å². The fraction of sp³-hybridized carbons (Fsp3) is 0.800. The number of hydrogen-bond donors (Lipinski definition) is 2. The van der Waals surface area contributed by atoms with E-state index < -0.39 is 0 Å². The number of hydrogen-bond acceptors (Lipinski definition) is 4. The minimum atomic E-state index is 0. The summed E-state index contributed by atoms with van der Waals surface area (Å²) < 4.78 is 11.4. The van der Waals surface area contributed by atoms with Crippen LogP contribution in [0.25, 0.3) is 0 Å². The molecule has 1 aromatic heterocycles. The van der Waals surface area contributed by atoms with Crippen LogP contribution in [-0.4, -0.2) is 37.4 Å². The molecule has 27 heavy (non-hydrogen) atoms. The van der Waals surface area contributed by atoms with Gasteiger partial charge < -0.3 is 19.9 Å². The van der Waals surface area contributed by atoms with Crippen molar-refractivity contribution in [2.24, 2.45) is 4.99 Å². The third-order valence-electron chi connectivity index (χ3n) is 5.15. The lowest BCUT2D eigenvalue weighted by atomic mass is 9.98. The Kier molecular flexibility index (Phi) is 12.7. The van der Waals surface area contributed by atoms with Crippen LogP contribution in [-0.2, 0) is 11.3 Å². The summed E-state index contributed by atoms with van der Waals surface area (Å²) in [4.78, 5) is 4.26. The molecule has 0 unspecified atom stereocenters. The minimum absolute atomic E-state index is 0. The van der Waals surface area contributed by atoms with Gasteiger partial charge in [0.15, 0.2) is 11.7 Å². The molecule has 0 saturated heterocycles. The summed E-state index contributed by atoms with van der Waals surface area (Å²) in [5.74, 6) is 2.10. The number of halogens is 1. The van der Waals surface area contributed by atoms with Crippen molar-refractivity contribution in [3.8, 4) is 0 Å². The van der Waals surface area contributed by atoms with E-state index in [0.29, 0.717) is 18.6 Å². The number of guanidine groups is 1. The number of aromatic nitrogens is 1. The van der Waals surface area contributed by atoms with E-state index in [9.17, 15) is 0 Å². The van der Waals surface area contributed by atoms with E-state index in [1.54, 1.807) is 7.05 Å². The van der Waals surface area contributed by atoms with Crippen LogP contribution in [0.3, 0.4) is 0 Å². The molecule has 0 aromatic carbocycles. The maximum atomic E-state index is 5.95. The van der Waals surface area contributed by atoms with Gasteiger partial charge in [-0.3, -0.25) is 4.99 Å².